The van der Waals surface area contributed by atoms with Gasteiger partial charge in [-0.1, -0.05) is 0 Å². The van der Waals surface area contributed by atoms with Gasteiger partial charge in [0, 0.05) is 19.2 Å². The summed E-state index contributed by atoms with van der Waals surface area (Å²) in [6, 6.07) is -0.0665. The van der Waals surface area contributed by atoms with Crippen LogP contribution in [0.2, 0.25) is 0 Å². The summed E-state index contributed by atoms with van der Waals surface area (Å²) in [6.45, 7) is 1.10. The highest BCUT2D eigenvalue weighted by Crippen LogP contribution is 2.01. The summed E-state index contributed by atoms with van der Waals surface area (Å²) in [5, 5.41) is 17.8. The van der Waals surface area contributed by atoms with Crippen molar-refractivity contribution >= 4 is 10.0 Å². The van der Waals surface area contributed by atoms with E-state index < -0.39 is 10.0 Å². The van der Waals surface area contributed by atoms with Gasteiger partial charge < -0.3 is 15.1 Å². The molecule has 7 heteroatoms. The van der Waals surface area contributed by atoms with Crippen LogP contribution in [0.4, 0.5) is 0 Å². The van der Waals surface area contributed by atoms with Crippen LogP contribution >= 0.6 is 0 Å². The molecule has 98 valence electrons. The summed E-state index contributed by atoms with van der Waals surface area (Å²) in [5.74, 6) is 0. The summed E-state index contributed by atoms with van der Waals surface area (Å²) in [7, 11) is -1.27. The minimum Gasteiger partial charge on any atom is -0.396 e. The average Bonchev–Trinajstić information content (AvgIpc) is 2.19. The minimum atomic E-state index is -3.12. The Morgan fingerprint density at radius 1 is 1.38 bits per heavy atom. The maximum atomic E-state index is 10.8. The van der Waals surface area contributed by atoms with E-state index in [1.807, 2.05) is 11.9 Å². The average molecular weight is 254 g/mol. The van der Waals surface area contributed by atoms with Gasteiger partial charge in [-0.05, 0) is 26.4 Å². The molecule has 16 heavy (non-hydrogen) atoms. The quantitative estimate of drug-likeness (QED) is 0.440. The third-order valence-corrected chi connectivity index (χ3v) is 3.08. The van der Waals surface area contributed by atoms with Crippen molar-refractivity contribution in [2.75, 3.05) is 39.6 Å². The van der Waals surface area contributed by atoms with Crippen LogP contribution in [-0.2, 0) is 10.0 Å². The lowest BCUT2D eigenvalue weighted by Crippen LogP contribution is -2.37. The molecule has 1 unspecified atom stereocenters. The lowest BCUT2D eigenvalue weighted by atomic mass is 10.2. The van der Waals surface area contributed by atoms with Gasteiger partial charge >= 0.3 is 0 Å². The fourth-order valence-electron chi connectivity index (χ4n) is 1.37. The first-order valence-corrected chi connectivity index (χ1v) is 7.16. The molecule has 0 rings (SSSR count). The van der Waals surface area contributed by atoms with Crippen molar-refractivity contribution in [1.29, 1.82) is 0 Å². The molecule has 0 aliphatic rings. The summed E-state index contributed by atoms with van der Waals surface area (Å²) in [6.07, 6.45) is 2.32. The SMILES string of the molecule is CN(CCCNS(C)(=O)=O)C(CO)CCO. The fourth-order valence-corrected chi connectivity index (χ4v) is 1.88. The van der Waals surface area contributed by atoms with E-state index in [2.05, 4.69) is 4.72 Å². The molecule has 0 saturated heterocycles. The number of rotatable bonds is 9. The Hall–Kier alpha value is -0.210. The predicted molar refractivity (Wildman–Crippen MR) is 62.7 cm³/mol. The molecule has 0 aliphatic carbocycles. The normalized spacial score (nSPS) is 14.3. The molecular formula is C9H22N2O4S. The summed E-state index contributed by atoms with van der Waals surface area (Å²) in [5.41, 5.74) is 0. The number of hydrogen-bond donors (Lipinski definition) is 3. The molecule has 6 nitrogen and oxygen atoms in total. The maximum Gasteiger partial charge on any atom is 0.208 e. The number of hydrogen-bond acceptors (Lipinski definition) is 5. The molecule has 0 fully saturated rings. The number of aliphatic hydroxyl groups excluding tert-OH is 2. The van der Waals surface area contributed by atoms with Crippen molar-refractivity contribution in [2.45, 2.75) is 18.9 Å². The second-order valence-corrected chi connectivity index (χ2v) is 5.68. The molecular weight excluding hydrogens is 232 g/mol. The minimum absolute atomic E-state index is 0.00341. The van der Waals surface area contributed by atoms with E-state index in [0.29, 0.717) is 25.9 Å². The first-order valence-electron chi connectivity index (χ1n) is 5.27. The Labute approximate surface area is 97.3 Å². The third kappa shape index (κ3) is 8.00. The van der Waals surface area contributed by atoms with E-state index >= 15 is 0 Å². The van der Waals surface area contributed by atoms with Crippen molar-refractivity contribution in [3.05, 3.63) is 0 Å². The molecule has 0 aromatic heterocycles. The molecule has 0 aliphatic heterocycles. The Balaban J connectivity index is 3.75. The van der Waals surface area contributed by atoms with Crippen LogP contribution in [0.1, 0.15) is 12.8 Å². The zero-order valence-corrected chi connectivity index (χ0v) is 10.7. The molecule has 0 spiro atoms. The van der Waals surface area contributed by atoms with Gasteiger partial charge in [-0.25, -0.2) is 13.1 Å². The van der Waals surface area contributed by atoms with Crippen LogP contribution in [0, 0.1) is 0 Å². The van der Waals surface area contributed by atoms with Gasteiger partial charge in [0.2, 0.25) is 10.0 Å². The summed E-state index contributed by atoms with van der Waals surface area (Å²) < 4.78 is 23.9. The zero-order valence-electron chi connectivity index (χ0n) is 9.89. The van der Waals surface area contributed by atoms with Crippen LogP contribution in [0.25, 0.3) is 0 Å². The van der Waals surface area contributed by atoms with Gasteiger partial charge in [0.1, 0.15) is 0 Å². The largest absolute Gasteiger partial charge is 0.396 e. The van der Waals surface area contributed by atoms with Crippen molar-refractivity contribution in [3.8, 4) is 0 Å². The van der Waals surface area contributed by atoms with Crippen molar-refractivity contribution in [2.24, 2.45) is 0 Å². The number of nitrogens with zero attached hydrogens (tertiary/aromatic N) is 1. The van der Waals surface area contributed by atoms with Crippen LogP contribution in [-0.4, -0.2) is 69.2 Å². The highest BCUT2D eigenvalue weighted by molar-refractivity contribution is 7.88. The Morgan fingerprint density at radius 2 is 2.00 bits per heavy atom. The van der Waals surface area contributed by atoms with E-state index in [4.69, 9.17) is 10.2 Å². The van der Waals surface area contributed by atoms with Crippen LogP contribution in [0.3, 0.4) is 0 Å². The number of aliphatic hydroxyl groups is 2. The van der Waals surface area contributed by atoms with Gasteiger partial charge in [-0.2, -0.15) is 0 Å². The Morgan fingerprint density at radius 3 is 2.44 bits per heavy atom. The first kappa shape index (κ1) is 15.8. The number of likely N-dealkylation sites (N-methyl/N-ethyl adjacent to an activating group) is 1. The Bertz CT molecular complexity index is 269. The smallest absolute Gasteiger partial charge is 0.208 e. The molecule has 0 bridgehead atoms. The topological polar surface area (TPSA) is 89.9 Å². The number of nitrogens with one attached hydrogen (secondary N) is 1. The van der Waals surface area contributed by atoms with Gasteiger partial charge in [0.05, 0.1) is 12.9 Å². The third-order valence-electron chi connectivity index (χ3n) is 2.35. The van der Waals surface area contributed by atoms with Gasteiger partial charge in [-0.15, -0.1) is 0 Å². The molecule has 0 heterocycles. The zero-order chi connectivity index (χ0) is 12.6. The first-order chi connectivity index (χ1) is 7.40. The fraction of sp³-hybridized carbons (Fsp3) is 1.00. The van der Waals surface area contributed by atoms with Crippen molar-refractivity contribution in [3.63, 3.8) is 0 Å². The van der Waals surface area contributed by atoms with E-state index in [9.17, 15) is 8.42 Å². The second-order valence-electron chi connectivity index (χ2n) is 3.85. The van der Waals surface area contributed by atoms with Crippen molar-refractivity contribution in [1.82, 2.24) is 9.62 Å². The maximum absolute atomic E-state index is 10.8. The molecule has 0 saturated carbocycles. The van der Waals surface area contributed by atoms with Gasteiger partial charge in [0.25, 0.3) is 0 Å². The molecule has 3 N–H and O–H groups in total. The molecule has 0 aromatic carbocycles. The number of sulfonamides is 1. The molecule has 0 amide bonds. The molecule has 0 radical (unpaired) electrons. The second kappa shape index (κ2) is 7.97. The predicted octanol–water partition coefficient (Wildman–Crippen LogP) is -1.40. The highest BCUT2D eigenvalue weighted by atomic mass is 32.2. The summed E-state index contributed by atoms with van der Waals surface area (Å²) >= 11 is 0. The monoisotopic (exact) mass is 254 g/mol. The lowest BCUT2D eigenvalue weighted by Gasteiger charge is -2.25. The van der Waals surface area contributed by atoms with Crippen LogP contribution in [0.5, 0.6) is 0 Å². The van der Waals surface area contributed by atoms with Gasteiger partial charge in [0.15, 0.2) is 0 Å². The van der Waals surface area contributed by atoms with E-state index in [-0.39, 0.29) is 19.3 Å². The molecule has 0 aromatic rings. The molecule has 1 atom stereocenters. The Kier molecular flexibility index (Phi) is 7.86. The summed E-state index contributed by atoms with van der Waals surface area (Å²) in [4.78, 5) is 1.92. The van der Waals surface area contributed by atoms with E-state index in [1.165, 1.54) is 0 Å². The van der Waals surface area contributed by atoms with E-state index in [0.717, 1.165) is 6.26 Å². The van der Waals surface area contributed by atoms with Crippen LogP contribution in [0.15, 0.2) is 0 Å². The van der Waals surface area contributed by atoms with Crippen molar-refractivity contribution < 1.29 is 18.6 Å². The van der Waals surface area contributed by atoms with Crippen LogP contribution < -0.4 is 4.72 Å². The standard InChI is InChI=1S/C9H22N2O4S/c1-11(9(8-13)4-7-12)6-3-5-10-16(2,14)15/h9-10,12-13H,3-8H2,1-2H3. The van der Waals surface area contributed by atoms with E-state index in [1.54, 1.807) is 0 Å². The highest BCUT2D eigenvalue weighted by Gasteiger charge is 2.12. The lowest BCUT2D eigenvalue weighted by molar-refractivity contribution is 0.119. The van der Waals surface area contributed by atoms with Gasteiger partial charge in [-0.3, -0.25) is 0 Å².